The Morgan fingerprint density at radius 1 is 1.25 bits per heavy atom. The van der Waals surface area contributed by atoms with Crippen molar-refractivity contribution in [3.63, 3.8) is 0 Å². The van der Waals surface area contributed by atoms with Crippen molar-refractivity contribution in [1.29, 1.82) is 0 Å². The fraction of sp³-hybridized carbons (Fsp3) is 0.250. The maximum atomic E-state index is 13.7. The van der Waals surface area contributed by atoms with Crippen LogP contribution in [0, 0.1) is 19.7 Å². The summed E-state index contributed by atoms with van der Waals surface area (Å²) in [5, 5.41) is 2.47. The molecule has 0 fully saturated rings. The lowest BCUT2D eigenvalue weighted by Gasteiger charge is -2.12. The summed E-state index contributed by atoms with van der Waals surface area (Å²) in [4.78, 5) is 16.2. The van der Waals surface area contributed by atoms with Crippen LogP contribution in [0.1, 0.15) is 27.2 Å². The van der Waals surface area contributed by atoms with Crippen LogP contribution < -0.4 is 10.1 Å². The molecule has 2 rings (SSSR count). The summed E-state index contributed by atoms with van der Waals surface area (Å²) in [5.41, 5.74) is 1.52. The number of pyridine rings is 1. The van der Waals surface area contributed by atoms with Crippen LogP contribution >= 0.6 is 0 Å². The molecule has 0 saturated carbocycles. The molecule has 24 heavy (non-hydrogen) atoms. The van der Waals surface area contributed by atoms with Gasteiger partial charge in [-0.25, -0.2) is 4.39 Å². The van der Waals surface area contributed by atoms with Crippen molar-refractivity contribution in [2.45, 2.75) is 26.8 Å². The van der Waals surface area contributed by atoms with E-state index >= 15 is 0 Å². The molecule has 1 heterocycles. The zero-order valence-corrected chi connectivity index (χ0v) is 12.9. The van der Waals surface area contributed by atoms with Gasteiger partial charge >= 0.3 is 6.36 Å². The first-order valence-electron chi connectivity index (χ1n) is 6.91. The van der Waals surface area contributed by atoms with E-state index in [4.69, 9.17) is 0 Å². The quantitative estimate of drug-likeness (QED) is 0.863. The van der Waals surface area contributed by atoms with Crippen molar-refractivity contribution in [3.8, 4) is 5.75 Å². The van der Waals surface area contributed by atoms with Gasteiger partial charge in [0.1, 0.15) is 11.6 Å². The third kappa shape index (κ3) is 4.68. The number of hydrogen-bond acceptors (Lipinski definition) is 3. The van der Waals surface area contributed by atoms with Gasteiger partial charge in [-0.15, -0.1) is 13.2 Å². The van der Waals surface area contributed by atoms with E-state index in [1.54, 1.807) is 19.9 Å². The van der Waals surface area contributed by atoms with Gasteiger partial charge in [0, 0.05) is 29.6 Å². The SMILES string of the molecule is Cc1cc(C(=O)NCc2cc(OC(F)(F)F)ccc2F)c(C)cn1. The number of amides is 1. The number of halogens is 4. The summed E-state index contributed by atoms with van der Waals surface area (Å²) in [5.74, 6) is -1.77. The summed E-state index contributed by atoms with van der Waals surface area (Å²) in [6.07, 6.45) is -3.34. The number of aromatic nitrogens is 1. The predicted molar refractivity (Wildman–Crippen MR) is 78.0 cm³/mol. The zero-order chi connectivity index (χ0) is 17.9. The van der Waals surface area contributed by atoms with Crippen molar-refractivity contribution >= 4 is 5.91 Å². The van der Waals surface area contributed by atoms with E-state index in [0.29, 0.717) is 16.8 Å². The molecule has 8 heteroatoms. The molecule has 0 unspecified atom stereocenters. The van der Waals surface area contributed by atoms with E-state index in [0.717, 1.165) is 18.2 Å². The highest BCUT2D eigenvalue weighted by Crippen LogP contribution is 2.24. The minimum absolute atomic E-state index is 0.117. The molecular formula is C16H14F4N2O2. The third-order valence-electron chi connectivity index (χ3n) is 3.17. The van der Waals surface area contributed by atoms with E-state index in [2.05, 4.69) is 15.0 Å². The largest absolute Gasteiger partial charge is 0.573 e. The van der Waals surface area contributed by atoms with Gasteiger partial charge < -0.3 is 10.1 Å². The number of nitrogens with one attached hydrogen (secondary N) is 1. The number of carbonyl (C=O) groups is 1. The van der Waals surface area contributed by atoms with Gasteiger partial charge in [-0.1, -0.05) is 0 Å². The Labute approximate surface area is 135 Å². The highest BCUT2D eigenvalue weighted by molar-refractivity contribution is 5.95. The maximum absolute atomic E-state index is 13.7. The minimum Gasteiger partial charge on any atom is -0.406 e. The summed E-state index contributed by atoms with van der Waals surface area (Å²) >= 11 is 0. The van der Waals surface area contributed by atoms with Crippen LogP contribution in [0.3, 0.4) is 0 Å². The van der Waals surface area contributed by atoms with Crippen LogP contribution in [0.4, 0.5) is 17.6 Å². The average Bonchev–Trinajstić information content (AvgIpc) is 2.48. The fourth-order valence-corrected chi connectivity index (χ4v) is 2.03. The molecule has 0 aliphatic rings. The molecule has 0 spiro atoms. The lowest BCUT2D eigenvalue weighted by Crippen LogP contribution is -2.24. The molecule has 128 valence electrons. The Bertz CT molecular complexity index is 760. The van der Waals surface area contributed by atoms with Gasteiger partial charge in [-0.05, 0) is 43.7 Å². The predicted octanol–water partition coefficient (Wildman–Crippen LogP) is 3.67. The van der Waals surface area contributed by atoms with E-state index in [-0.39, 0.29) is 12.1 Å². The molecular weight excluding hydrogens is 328 g/mol. The van der Waals surface area contributed by atoms with E-state index < -0.39 is 23.8 Å². The molecule has 0 saturated heterocycles. The van der Waals surface area contributed by atoms with Crippen LogP contribution in [-0.2, 0) is 6.54 Å². The standard InChI is InChI=1S/C16H14F4N2O2/c1-9-7-21-10(2)5-13(9)15(23)22-8-11-6-12(3-4-14(11)17)24-16(18,19)20/h3-7H,8H2,1-2H3,(H,22,23). The monoisotopic (exact) mass is 342 g/mol. The molecule has 1 N–H and O–H groups in total. The average molecular weight is 342 g/mol. The first-order valence-corrected chi connectivity index (χ1v) is 6.91. The second-order valence-corrected chi connectivity index (χ2v) is 5.12. The molecule has 1 aromatic carbocycles. The van der Waals surface area contributed by atoms with Crippen LogP contribution in [0.5, 0.6) is 5.75 Å². The molecule has 2 aromatic rings. The Hall–Kier alpha value is -2.64. The van der Waals surface area contributed by atoms with Crippen LogP contribution in [0.25, 0.3) is 0 Å². The van der Waals surface area contributed by atoms with Crippen molar-refractivity contribution < 1.29 is 27.1 Å². The summed E-state index contributed by atoms with van der Waals surface area (Å²) in [6.45, 7) is 3.13. The first kappa shape index (κ1) is 17.7. The number of ether oxygens (including phenoxy) is 1. The lowest BCUT2D eigenvalue weighted by molar-refractivity contribution is -0.274. The zero-order valence-electron chi connectivity index (χ0n) is 12.9. The molecule has 0 bridgehead atoms. The van der Waals surface area contributed by atoms with Crippen LogP contribution in [0.15, 0.2) is 30.5 Å². The Morgan fingerprint density at radius 3 is 2.62 bits per heavy atom. The van der Waals surface area contributed by atoms with Crippen molar-refractivity contribution in [3.05, 3.63) is 58.7 Å². The second kappa shape index (κ2) is 6.86. The molecule has 0 aliphatic heterocycles. The Morgan fingerprint density at radius 2 is 1.96 bits per heavy atom. The number of hydrogen-bond donors (Lipinski definition) is 1. The van der Waals surface area contributed by atoms with Gasteiger partial charge in [0.2, 0.25) is 0 Å². The lowest BCUT2D eigenvalue weighted by atomic mass is 10.1. The van der Waals surface area contributed by atoms with Gasteiger partial charge in [0.15, 0.2) is 0 Å². The summed E-state index contributed by atoms with van der Waals surface area (Å²) < 4.78 is 54.0. The minimum atomic E-state index is -4.87. The number of aryl methyl sites for hydroxylation is 2. The third-order valence-corrected chi connectivity index (χ3v) is 3.17. The molecule has 4 nitrogen and oxygen atoms in total. The van der Waals surface area contributed by atoms with E-state index in [9.17, 15) is 22.4 Å². The van der Waals surface area contributed by atoms with Crippen molar-refractivity contribution in [1.82, 2.24) is 10.3 Å². The number of carbonyl (C=O) groups excluding carboxylic acids is 1. The van der Waals surface area contributed by atoms with Gasteiger partial charge in [0.05, 0.1) is 0 Å². The number of benzene rings is 1. The van der Waals surface area contributed by atoms with Crippen LogP contribution in [0.2, 0.25) is 0 Å². The van der Waals surface area contributed by atoms with Crippen molar-refractivity contribution in [2.75, 3.05) is 0 Å². The topological polar surface area (TPSA) is 51.2 Å². The number of alkyl halides is 3. The van der Waals surface area contributed by atoms with Gasteiger partial charge in [-0.3, -0.25) is 9.78 Å². The Kier molecular flexibility index (Phi) is 5.06. The van der Waals surface area contributed by atoms with E-state index in [1.165, 1.54) is 6.20 Å². The second-order valence-electron chi connectivity index (χ2n) is 5.12. The Balaban J connectivity index is 2.12. The fourth-order valence-electron chi connectivity index (χ4n) is 2.03. The van der Waals surface area contributed by atoms with Gasteiger partial charge in [0.25, 0.3) is 5.91 Å². The normalized spacial score (nSPS) is 11.2. The first-order chi connectivity index (χ1) is 11.2. The summed E-state index contributed by atoms with van der Waals surface area (Å²) in [7, 11) is 0. The highest BCUT2D eigenvalue weighted by atomic mass is 19.4. The molecule has 0 aliphatic carbocycles. The van der Waals surface area contributed by atoms with E-state index in [1.807, 2.05) is 0 Å². The smallest absolute Gasteiger partial charge is 0.406 e. The van der Waals surface area contributed by atoms with Gasteiger partial charge in [-0.2, -0.15) is 0 Å². The number of rotatable bonds is 4. The highest BCUT2D eigenvalue weighted by Gasteiger charge is 2.31. The van der Waals surface area contributed by atoms with Crippen LogP contribution in [-0.4, -0.2) is 17.3 Å². The molecule has 1 amide bonds. The van der Waals surface area contributed by atoms with Crippen molar-refractivity contribution in [2.24, 2.45) is 0 Å². The molecule has 0 atom stereocenters. The number of nitrogens with zero attached hydrogens (tertiary/aromatic N) is 1. The molecule has 0 radical (unpaired) electrons. The molecule has 1 aromatic heterocycles. The maximum Gasteiger partial charge on any atom is 0.573 e. The summed E-state index contributed by atoms with van der Waals surface area (Å²) in [6, 6.07) is 4.19.